The van der Waals surface area contributed by atoms with Gasteiger partial charge in [-0.3, -0.25) is 14.4 Å². The molecule has 2 amide bonds. The van der Waals surface area contributed by atoms with Crippen molar-refractivity contribution < 1.29 is 14.4 Å². The van der Waals surface area contributed by atoms with Gasteiger partial charge in [0.15, 0.2) is 0 Å². The monoisotopic (exact) mass is 528 g/mol. The number of halogens is 1. The molecule has 0 bridgehead atoms. The number of rotatable bonds is 9. The maximum Gasteiger partial charge on any atom is 0.255 e. The summed E-state index contributed by atoms with van der Waals surface area (Å²) in [5, 5.41) is 4.46. The number of amides is 2. The van der Waals surface area contributed by atoms with Gasteiger partial charge in [-0.25, -0.2) is 0 Å². The fourth-order valence-corrected chi connectivity index (χ4v) is 6.31. The second kappa shape index (κ2) is 12.0. The van der Waals surface area contributed by atoms with Crippen LogP contribution in [0.25, 0.3) is 10.9 Å². The first-order valence-corrected chi connectivity index (χ1v) is 14.1. The zero-order valence-corrected chi connectivity index (χ0v) is 23.4. The summed E-state index contributed by atoms with van der Waals surface area (Å²) in [6.45, 7) is 3.21. The molecule has 2 aliphatic rings. The topological polar surface area (TPSA) is 74.6 Å². The number of ketones is 1. The molecule has 1 N–H and O–H groups in total. The highest BCUT2D eigenvalue weighted by Gasteiger charge is 2.39. The predicted molar refractivity (Wildman–Crippen MR) is 148 cm³/mol. The Morgan fingerprint density at radius 3 is 2.51 bits per heavy atom. The highest BCUT2D eigenvalue weighted by atomic mass is 35.5. The molecule has 2 heterocycles. The third-order valence-electron chi connectivity index (χ3n) is 8.42. The van der Waals surface area contributed by atoms with E-state index in [-0.39, 0.29) is 41.5 Å². The summed E-state index contributed by atoms with van der Waals surface area (Å²) >= 11 is 6.28. The molecule has 37 heavy (non-hydrogen) atoms. The molecule has 1 aromatic heterocycles. The summed E-state index contributed by atoms with van der Waals surface area (Å²) in [7, 11) is 5.28. The van der Waals surface area contributed by atoms with Crippen molar-refractivity contribution in [2.24, 2.45) is 11.8 Å². The van der Waals surface area contributed by atoms with Gasteiger partial charge in [-0.15, -0.1) is 0 Å². The zero-order chi connectivity index (χ0) is 26.7. The number of likely N-dealkylation sites (N-methyl/N-ethyl adjacent to an activating group) is 1. The largest absolute Gasteiger partial charge is 0.345 e. The Labute approximate surface area is 225 Å². The van der Waals surface area contributed by atoms with Gasteiger partial charge in [0, 0.05) is 67.7 Å². The SMILES string of the molecule is CNC(C)C(=O)CC(C(=O)N1CCCC1Cn1cc(C(=O)N(C)C)c2cc(Cl)ccc21)C1CCCCC1. The van der Waals surface area contributed by atoms with E-state index in [0.717, 1.165) is 56.0 Å². The summed E-state index contributed by atoms with van der Waals surface area (Å²) in [5.41, 5.74) is 1.56. The van der Waals surface area contributed by atoms with Crippen LogP contribution in [0.2, 0.25) is 5.02 Å². The third kappa shape index (κ3) is 6.04. The molecule has 1 saturated heterocycles. The molecule has 0 spiro atoms. The van der Waals surface area contributed by atoms with Crippen molar-refractivity contribution in [3.8, 4) is 0 Å². The Morgan fingerprint density at radius 1 is 1.11 bits per heavy atom. The number of Topliss-reactive ketones (excluding diaryl/α,β-unsaturated/α-hetero) is 1. The number of hydrogen-bond donors (Lipinski definition) is 1. The Bertz CT molecular complexity index is 1140. The van der Waals surface area contributed by atoms with Crippen LogP contribution in [0.5, 0.6) is 0 Å². The number of aromatic nitrogens is 1. The van der Waals surface area contributed by atoms with Crippen molar-refractivity contribution in [1.29, 1.82) is 0 Å². The molecular weight excluding hydrogens is 488 g/mol. The molecule has 7 nitrogen and oxygen atoms in total. The first kappa shape index (κ1) is 27.6. The van der Waals surface area contributed by atoms with Gasteiger partial charge in [0.1, 0.15) is 5.78 Å². The van der Waals surface area contributed by atoms with Crippen LogP contribution < -0.4 is 5.32 Å². The van der Waals surface area contributed by atoms with E-state index in [0.29, 0.717) is 23.6 Å². The number of carbonyl (C=O) groups excluding carboxylic acids is 3. The van der Waals surface area contributed by atoms with Crippen molar-refractivity contribution >= 4 is 40.1 Å². The van der Waals surface area contributed by atoms with Gasteiger partial charge in [-0.2, -0.15) is 0 Å². The smallest absolute Gasteiger partial charge is 0.255 e. The van der Waals surface area contributed by atoms with Crippen LogP contribution in [0.4, 0.5) is 0 Å². The molecule has 1 aliphatic heterocycles. The maximum atomic E-state index is 14.1. The molecule has 1 saturated carbocycles. The normalized spacial score (nSPS) is 20.2. The second-order valence-corrected chi connectivity index (χ2v) is 11.5. The molecule has 202 valence electrons. The standard InChI is InChI=1S/C29H41ClN4O3/c1-19(31-2)27(35)16-23(20-9-6-5-7-10-20)29(37)34-14-8-11-22(34)17-33-18-25(28(36)32(3)4)24-15-21(30)12-13-26(24)33/h12-13,15,18-20,22-23,31H,5-11,14,16-17H2,1-4H3. The van der Waals surface area contributed by atoms with Gasteiger partial charge < -0.3 is 19.7 Å². The lowest BCUT2D eigenvalue weighted by molar-refractivity contribution is -0.141. The quantitative estimate of drug-likeness (QED) is 0.509. The number of nitrogens with zero attached hydrogens (tertiary/aromatic N) is 3. The number of hydrogen-bond acceptors (Lipinski definition) is 4. The van der Waals surface area contributed by atoms with Gasteiger partial charge in [0.2, 0.25) is 5.91 Å². The van der Waals surface area contributed by atoms with Crippen LogP contribution >= 0.6 is 11.6 Å². The van der Waals surface area contributed by atoms with Crippen LogP contribution in [0.3, 0.4) is 0 Å². The van der Waals surface area contributed by atoms with E-state index >= 15 is 0 Å². The van der Waals surface area contributed by atoms with Gasteiger partial charge in [0.25, 0.3) is 5.91 Å². The molecular formula is C29H41ClN4O3. The van der Waals surface area contributed by atoms with Crippen molar-refractivity contribution in [1.82, 2.24) is 19.7 Å². The minimum absolute atomic E-state index is 0.0315. The van der Waals surface area contributed by atoms with E-state index in [2.05, 4.69) is 9.88 Å². The molecule has 3 unspecified atom stereocenters. The van der Waals surface area contributed by atoms with Gasteiger partial charge in [-0.05, 0) is 63.8 Å². The van der Waals surface area contributed by atoms with Gasteiger partial charge in [0.05, 0.1) is 11.6 Å². The maximum absolute atomic E-state index is 14.1. The van der Waals surface area contributed by atoms with Crippen LogP contribution in [-0.2, 0) is 16.1 Å². The Hall–Kier alpha value is -2.38. The minimum Gasteiger partial charge on any atom is -0.345 e. The number of carbonyl (C=O) groups is 3. The Balaban J connectivity index is 1.60. The lowest BCUT2D eigenvalue weighted by Crippen LogP contribution is -2.45. The number of nitrogens with one attached hydrogen (secondary N) is 1. The van der Waals surface area contributed by atoms with Crippen LogP contribution in [0.15, 0.2) is 24.4 Å². The summed E-state index contributed by atoms with van der Waals surface area (Å²) in [6.07, 6.45) is 9.59. The summed E-state index contributed by atoms with van der Waals surface area (Å²) in [5.74, 6) is 0.196. The molecule has 1 aromatic carbocycles. The van der Waals surface area contributed by atoms with Crippen LogP contribution in [-0.4, -0.2) is 71.7 Å². The molecule has 3 atom stereocenters. The van der Waals surface area contributed by atoms with E-state index in [1.165, 1.54) is 6.42 Å². The molecule has 4 rings (SSSR count). The Kier molecular flexibility index (Phi) is 8.96. The fourth-order valence-electron chi connectivity index (χ4n) is 6.13. The first-order valence-electron chi connectivity index (χ1n) is 13.7. The third-order valence-corrected chi connectivity index (χ3v) is 8.66. The predicted octanol–water partition coefficient (Wildman–Crippen LogP) is 4.75. The van der Waals surface area contributed by atoms with Gasteiger partial charge in [-0.1, -0.05) is 30.9 Å². The summed E-state index contributed by atoms with van der Waals surface area (Å²) in [4.78, 5) is 43.5. The van der Waals surface area contributed by atoms with E-state index in [1.54, 1.807) is 26.0 Å². The van der Waals surface area contributed by atoms with Crippen molar-refractivity contribution in [2.45, 2.75) is 76.9 Å². The van der Waals surface area contributed by atoms with Crippen molar-refractivity contribution in [2.75, 3.05) is 27.7 Å². The van der Waals surface area contributed by atoms with E-state index in [4.69, 9.17) is 11.6 Å². The summed E-state index contributed by atoms with van der Waals surface area (Å²) in [6, 6.07) is 5.42. The van der Waals surface area contributed by atoms with Crippen molar-refractivity contribution in [3.63, 3.8) is 0 Å². The molecule has 2 fully saturated rings. The van der Waals surface area contributed by atoms with Crippen molar-refractivity contribution in [3.05, 3.63) is 35.0 Å². The van der Waals surface area contributed by atoms with E-state index in [9.17, 15) is 14.4 Å². The lowest BCUT2D eigenvalue weighted by Gasteiger charge is -2.35. The Morgan fingerprint density at radius 2 is 1.84 bits per heavy atom. The van der Waals surface area contributed by atoms with Crippen LogP contribution in [0, 0.1) is 11.8 Å². The first-order chi connectivity index (χ1) is 17.7. The van der Waals surface area contributed by atoms with E-state index < -0.39 is 0 Å². The van der Waals surface area contributed by atoms with Crippen LogP contribution in [0.1, 0.15) is 68.6 Å². The number of likely N-dealkylation sites (tertiary alicyclic amines) is 1. The molecule has 2 aromatic rings. The fraction of sp³-hybridized carbons (Fsp3) is 0.621. The number of benzene rings is 1. The zero-order valence-electron chi connectivity index (χ0n) is 22.6. The average molecular weight is 529 g/mol. The highest BCUT2D eigenvalue weighted by molar-refractivity contribution is 6.31. The number of fused-ring (bicyclic) bond motifs is 1. The molecule has 0 radical (unpaired) electrons. The summed E-state index contributed by atoms with van der Waals surface area (Å²) < 4.78 is 2.10. The van der Waals surface area contributed by atoms with E-state index in [1.807, 2.05) is 36.2 Å². The molecule has 1 aliphatic carbocycles. The highest BCUT2D eigenvalue weighted by Crippen LogP contribution is 2.36. The average Bonchev–Trinajstić information content (AvgIpc) is 3.50. The second-order valence-electron chi connectivity index (χ2n) is 11.1. The lowest BCUT2D eigenvalue weighted by atomic mass is 9.76. The van der Waals surface area contributed by atoms with Gasteiger partial charge >= 0.3 is 0 Å². The molecule has 8 heteroatoms. The minimum atomic E-state index is -0.254.